The molecule has 2 aromatic rings. The fourth-order valence-corrected chi connectivity index (χ4v) is 2.42. The quantitative estimate of drug-likeness (QED) is 0.834. The third kappa shape index (κ3) is 2.87. The van der Waals surface area contributed by atoms with E-state index in [9.17, 15) is 4.39 Å². The lowest BCUT2D eigenvalue weighted by molar-refractivity contribution is 0.225. The molecule has 0 radical (unpaired) electrons. The monoisotopic (exact) mass is 257 g/mol. The zero-order valence-corrected chi connectivity index (χ0v) is 10.6. The van der Waals surface area contributed by atoms with Crippen LogP contribution in [0.1, 0.15) is 6.42 Å². The largest absolute Gasteiger partial charge is 0.489 e. The molecule has 2 nitrogen and oxygen atoms in total. The van der Waals surface area contributed by atoms with Crippen LogP contribution in [0.4, 0.5) is 10.1 Å². The van der Waals surface area contributed by atoms with Crippen LogP contribution in [0.25, 0.3) is 0 Å². The first kappa shape index (κ1) is 12.0. The van der Waals surface area contributed by atoms with Gasteiger partial charge in [0.05, 0.1) is 6.54 Å². The van der Waals surface area contributed by atoms with E-state index in [1.54, 1.807) is 12.1 Å². The summed E-state index contributed by atoms with van der Waals surface area (Å²) in [6.07, 6.45) is 1.14. The first-order valence-corrected chi connectivity index (χ1v) is 6.53. The Balaban J connectivity index is 1.64. The first-order valence-electron chi connectivity index (χ1n) is 6.53. The SMILES string of the molecule is Fc1cccc(N2CC[C@H](Oc3ccccc3)C2)c1. The predicted molar refractivity (Wildman–Crippen MR) is 74.1 cm³/mol. The Labute approximate surface area is 112 Å². The van der Waals surface area contributed by atoms with Gasteiger partial charge in [0.25, 0.3) is 0 Å². The Morgan fingerprint density at radius 3 is 2.68 bits per heavy atom. The van der Waals surface area contributed by atoms with Crippen molar-refractivity contribution < 1.29 is 9.13 Å². The smallest absolute Gasteiger partial charge is 0.125 e. The van der Waals surface area contributed by atoms with Crippen molar-refractivity contribution in [1.82, 2.24) is 0 Å². The summed E-state index contributed by atoms with van der Waals surface area (Å²) in [5.41, 5.74) is 0.930. The summed E-state index contributed by atoms with van der Waals surface area (Å²) < 4.78 is 19.1. The van der Waals surface area contributed by atoms with E-state index in [-0.39, 0.29) is 11.9 Å². The molecule has 3 heteroatoms. The summed E-state index contributed by atoms with van der Waals surface area (Å²) in [6, 6.07) is 16.6. The van der Waals surface area contributed by atoms with Gasteiger partial charge in [-0.2, -0.15) is 0 Å². The molecule has 1 aliphatic rings. The molecule has 1 aliphatic heterocycles. The average molecular weight is 257 g/mol. The fourth-order valence-electron chi connectivity index (χ4n) is 2.42. The molecule has 2 aromatic carbocycles. The molecule has 19 heavy (non-hydrogen) atoms. The maximum atomic E-state index is 13.2. The van der Waals surface area contributed by atoms with Gasteiger partial charge in [-0.25, -0.2) is 4.39 Å². The zero-order chi connectivity index (χ0) is 13.1. The first-order chi connectivity index (χ1) is 9.31. The number of halogens is 1. The molecule has 0 unspecified atom stereocenters. The summed E-state index contributed by atoms with van der Waals surface area (Å²) in [7, 11) is 0. The minimum Gasteiger partial charge on any atom is -0.489 e. The van der Waals surface area contributed by atoms with Crippen molar-refractivity contribution in [2.24, 2.45) is 0 Å². The number of para-hydroxylation sites is 1. The van der Waals surface area contributed by atoms with Gasteiger partial charge in [-0.15, -0.1) is 0 Å². The van der Waals surface area contributed by atoms with E-state index in [1.165, 1.54) is 6.07 Å². The standard InChI is InChI=1S/C16H16FNO/c17-13-5-4-6-14(11-13)18-10-9-16(12-18)19-15-7-2-1-3-8-15/h1-8,11,16H,9-10,12H2/t16-/m0/s1. The molecule has 0 aromatic heterocycles. The van der Waals surface area contributed by atoms with Crippen LogP contribution in [-0.2, 0) is 0 Å². The van der Waals surface area contributed by atoms with E-state index in [4.69, 9.17) is 4.74 Å². The molecular weight excluding hydrogens is 241 g/mol. The molecule has 0 bridgehead atoms. The summed E-state index contributed by atoms with van der Waals surface area (Å²) >= 11 is 0. The summed E-state index contributed by atoms with van der Waals surface area (Å²) in [5, 5.41) is 0. The molecule has 0 spiro atoms. The van der Waals surface area contributed by atoms with Gasteiger partial charge in [0, 0.05) is 18.7 Å². The van der Waals surface area contributed by atoms with Gasteiger partial charge in [-0.1, -0.05) is 24.3 Å². The minimum absolute atomic E-state index is 0.172. The summed E-state index contributed by atoms with van der Waals surface area (Å²) in [4.78, 5) is 2.16. The third-order valence-electron chi connectivity index (χ3n) is 3.36. The van der Waals surface area contributed by atoms with Gasteiger partial charge < -0.3 is 9.64 Å². The van der Waals surface area contributed by atoms with Crippen LogP contribution in [0.3, 0.4) is 0 Å². The van der Waals surface area contributed by atoms with Crippen molar-refractivity contribution in [2.45, 2.75) is 12.5 Å². The highest BCUT2D eigenvalue weighted by Crippen LogP contribution is 2.23. The third-order valence-corrected chi connectivity index (χ3v) is 3.36. The maximum absolute atomic E-state index is 13.2. The Morgan fingerprint density at radius 2 is 1.89 bits per heavy atom. The molecule has 1 heterocycles. The summed E-state index contributed by atoms with van der Waals surface area (Å²) in [6.45, 7) is 1.71. The lowest BCUT2D eigenvalue weighted by atomic mass is 10.3. The highest BCUT2D eigenvalue weighted by Gasteiger charge is 2.24. The van der Waals surface area contributed by atoms with Crippen molar-refractivity contribution in [1.29, 1.82) is 0 Å². The highest BCUT2D eigenvalue weighted by atomic mass is 19.1. The van der Waals surface area contributed by atoms with Crippen LogP contribution in [0.5, 0.6) is 5.75 Å². The van der Waals surface area contributed by atoms with E-state index in [0.29, 0.717) is 0 Å². The second kappa shape index (κ2) is 5.31. The van der Waals surface area contributed by atoms with Crippen molar-refractivity contribution in [3.8, 4) is 5.75 Å². The van der Waals surface area contributed by atoms with Crippen molar-refractivity contribution in [3.05, 3.63) is 60.4 Å². The predicted octanol–water partition coefficient (Wildman–Crippen LogP) is 3.48. The zero-order valence-electron chi connectivity index (χ0n) is 10.6. The molecule has 3 rings (SSSR count). The molecule has 1 fully saturated rings. The molecule has 0 saturated carbocycles. The van der Waals surface area contributed by atoms with E-state index in [2.05, 4.69) is 4.90 Å². The van der Waals surface area contributed by atoms with Gasteiger partial charge in [0.1, 0.15) is 17.7 Å². The molecule has 1 saturated heterocycles. The molecule has 1 atom stereocenters. The number of hydrogen-bond donors (Lipinski definition) is 0. The number of anilines is 1. The molecule has 98 valence electrons. The molecular formula is C16H16FNO. The normalized spacial score (nSPS) is 18.6. The van der Waals surface area contributed by atoms with Crippen LogP contribution in [0, 0.1) is 5.82 Å². The summed E-state index contributed by atoms with van der Waals surface area (Å²) in [5.74, 6) is 0.707. The van der Waals surface area contributed by atoms with Crippen LogP contribution in [0.2, 0.25) is 0 Å². The minimum atomic E-state index is -0.190. The van der Waals surface area contributed by atoms with Crippen molar-refractivity contribution in [2.75, 3.05) is 18.0 Å². The van der Waals surface area contributed by atoms with Crippen LogP contribution >= 0.6 is 0 Å². The second-order valence-corrected chi connectivity index (χ2v) is 4.77. The van der Waals surface area contributed by atoms with Gasteiger partial charge in [-0.3, -0.25) is 0 Å². The fraction of sp³-hybridized carbons (Fsp3) is 0.250. The number of benzene rings is 2. The Morgan fingerprint density at radius 1 is 1.05 bits per heavy atom. The van der Waals surface area contributed by atoms with Crippen LogP contribution < -0.4 is 9.64 Å². The van der Waals surface area contributed by atoms with Crippen molar-refractivity contribution in [3.63, 3.8) is 0 Å². The van der Waals surface area contributed by atoms with Gasteiger partial charge in [0.2, 0.25) is 0 Å². The van der Waals surface area contributed by atoms with E-state index < -0.39 is 0 Å². The van der Waals surface area contributed by atoms with E-state index in [0.717, 1.165) is 30.9 Å². The van der Waals surface area contributed by atoms with Crippen molar-refractivity contribution >= 4 is 5.69 Å². The van der Waals surface area contributed by atoms with Gasteiger partial charge in [0.15, 0.2) is 0 Å². The molecule has 0 aliphatic carbocycles. The Hall–Kier alpha value is -2.03. The lowest BCUT2D eigenvalue weighted by Crippen LogP contribution is -2.24. The van der Waals surface area contributed by atoms with Gasteiger partial charge >= 0.3 is 0 Å². The topological polar surface area (TPSA) is 12.5 Å². The van der Waals surface area contributed by atoms with Crippen LogP contribution in [0.15, 0.2) is 54.6 Å². The molecule has 0 amide bonds. The maximum Gasteiger partial charge on any atom is 0.125 e. The lowest BCUT2D eigenvalue weighted by Gasteiger charge is -2.19. The highest BCUT2D eigenvalue weighted by molar-refractivity contribution is 5.47. The number of hydrogen-bond acceptors (Lipinski definition) is 2. The number of rotatable bonds is 3. The Bertz CT molecular complexity index is 543. The number of ether oxygens (including phenoxy) is 1. The number of nitrogens with zero attached hydrogens (tertiary/aromatic N) is 1. The van der Waals surface area contributed by atoms with Crippen LogP contribution in [-0.4, -0.2) is 19.2 Å². The van der Waals surface area contributed by atoms with Gasteiger partial charge in [-0.05, 0) is 30.3 Å². The van der Waals surface area contributed by atoms with E-state index >= 15 is 0 Å². The van der Waals surface area contributed by atoms with E-state index in [1.807, 2.05) is 36.4 Å². The molecule has 0 N–H and O–H groups in total. The second-order valence-electron chi connectivity index (χ2n) is 4.77. The average Bonchev–Trinajstić information content (AvgIpc) is 2.88. The Kier molecular flexibility index (Phi) is 3.36.